The molecule has 0 bridgehead atoms. The number of hydrogen-bond donors (Lipinski definition) is 1. The van der Waals surface area contributed by atoms with Crippen molar-refractivity contribution >= 4 is 11.8 Å². The van der Waals surface area contributed by atoms with Gasteiger partial charge in [-0.1, -0.05) is 12.1 Å². The quantitative estimate of drug-likeness (QED) is 0.831. The van der Waals surface area contributed by atoms with Crippen molar-refractivity contribution in [2.24, 2.45) is 0 Å². The first-order valence-corrected chi connectivity index (χ1v) is 6.86. The second kappa shape index (κ2) is 6.52. The minimum Gasteiger partial charge on any atom is -0.494 e. The predicted octanol–water partition coefficient (Wildman–Crippen LogP) is 1.66. The van der Waals surface area contributed by atoms with E-state index >= 15 is 0 Å². The number of likely N-dealkylation sites (tertiary alicyclic amines) is 1. The van der Waals surface area contributed by atoms with Gasteiger partial charge < -0.3 is 9.84 Å². The van der Waals surface area contributed by atoms with Crippen LogP contribution in [0.5, 0.6) is 5.75 Å². The van der Waals surface area contributed by atoms with Crippen LogP contribution in [0.2, 0.25) is 0 Å². The molecule has 0 aromatic heterocycles. The lowest BCUT2D eigenvalue weighted by Gasteiger charge is -2.27. The summed E-state index contributed by atoms with van der Waals surface area (Å²) in [6, 6.07) is 7.02. The minimum absolute atomic E-state index is 0.0195. The molecule has 1 aromatic carbocycles. The van der Waals surface area contributed by atoms with Crippen molar-refractivity contribution in [2.45, 2.75) is 32.3 Å². The van der Waals surface area contributed by atoms with Crippen LogP contribution in [0.4, 0.5) is 0 Å². The van der Waals surface area contributed by atoms with Crippen molar-refractivity contribution in [3.8, 4) is 5.75 Å². The van der Waals surface area contributed by atoms with Gasteiger partial charge in [-0.3, -0.25) is 14.5 Å². The molecule has 2 amide bonds. The summed E-state index contributed by atoms with van der Waals surface area (Å²) in [6.07, 6.45) is 0.494. The second-order valence-corrected chi connectivity index (χ2v) is 4.77. The summed E-state index contributed by atoms with van der Waals surface area (Å²) in [5, 5.41) is 10.1. The summed E-state index contributed by atoms with van der Waals surface area (Å²) in [5.74, 6) is 0.325. The lowest BCUT2D eigenvalue weighted by Crippen LogP contribution is -2.42. The SMILES string of the molecule is CCOc1ccc(C(O)CN2C(=O)CCCC2=O)cc1. The number of piperidine rings is 1. The number of aliphatic hydroxyl groups excluding tert-OH is 1. The maximum absolute atomic E-state index is 11.7. The number of imide groups is 1. The molecular formula is C15H19NO4. The number of carbonyl (C=O) groups excluding carboxylic acids is 2. The number of rotatable bonds is 5. The molecule has 5 nitrogen and oxygen atoms in total. The minimum atomic E-state index is -0.864. The van der Waals surface area contributed by atoms with Crippen molar-refractivity contribution in [2.75, 3.05) is 13.2 Å². The number of hydrogen-bond acceptors (Lipinski definition) is 4. The fraction of sp³-hybridized carbons (Fsp3) is 0.467. The van der Waals surface area contributed by atoms with E-state index in [1.165, 1.54) is 0 Å². The Kier molecular flexibility index (Phi) is 4.74. The summed E-state index contributed by atoms with van der Waals surface area (Å²) in [7, 11) is 0. The highest BCUT2D eigenvalue weighted by molar-refractivity contribution is 5.97. The zero-order chi connectivity index (χ0) is 14.5. The van der Waals surface area contributed by atoms with Crippen LogP contribution in [0, 0.1) is 0 Å². The number of ether oxygens (including phenoxy) is 1. The topological polar surface area (TPSA) is 66.8 Å². The Morgan fingerprint density at radius 2 is 1.80 bits per heavy atom. The van der Waals surface area contributed by atoms with Crippen molar-refractivity contribution in [3.05, 3.63) is 29.8 Å². The molecule has 1 aromatic rings. The number of benzene rings is 1. The Morgan fingerprint density at radius 3 is 2.35 bits per heavy atom. The van der Waals surface area contributed by atoms with Crippen LogP contribution in [0.15, 0.2) is 24.3 Å². The van der Waals surface area contributed by atoms with E-state index in [-0.39, 0.29) is 18.4 Å². The van der Waals surface area contributed by atoms with E-state index in [0.717, 1.165) is 10.6 Å². The van der Waals surface area contributed by atoms with E-state index in [9.17, 15) is 14.7 Å². The van der Waals surface area contributed by atoms with Crippen LogP contribution in [0.1, 0.15) is 37.9 Å². The van der Waals surface area contributed by atoms with Crippen LogP contribution >= 0.6 is 0 Å². The molecule has 0 radical (unpaired) electrons. The van der Waals surface area contributed by atoms with E-state index < -0.39 is 6.10 Å². The summed E-state index contributed by atoms with van der Waals surface area (Å²) < 4.78 is 5.32. The van der Waals surface area contributed by atoms with Crippen molar-refractivity contribution in [3.63, 3.8) is 0 Å². The average molecular weight is 277 g/mol. The normalized spacial score (nSPS) is 17.2. The molecule has 1 aliphatic heterocycles. The van der Waals surface area contributed by atoms with Gasteiger partial charge in [0.2, 0.25) is 11.8 Å². The van der Waals surface area contributed by atoms with E-state index in [1.54, 1.807) is 24.3 Å². The van der Waals surface area contributed by atoms with Crippen molar-refractivity contribution < 1.29 is 19.4 Å². The molecule has 1 aliphatic rings. The Balaban J connectivity index is 2.01. The smallest absolute Gasteiger partial charge is 0.229 e. The van der Waals surface area contributed by atoms with Gasteiger partial charge in [0.25, 0.3) is 0 Å². The molecule has 0 spiro atoms. The molecule has 1 unspecified atom stereocenters. The fourth-order valence-electron chi connectivity index (χ4n) is 2.23. The second-order valence-electron chi connectivity index (χ2n) is 4.77. The summed E-state index contributed by atoms with van der Waals surface area (Å²) in [6.45, 7) is 2.50. The highest BCUT2D eigenvalue weighted by atomic mass is 16.5. The molecule has 1 N–H and O–H groups in total. The molecule has 0 saturated carbocycles. The molecule has 1 atom stereocenters. The third kappa shape index (κ3) is 3.36. The Labute approximate surface area is 118 Å². The van der Waals surface area contributed by atoms with Gasteiger partial charge in [-0.2, -0.15) is 0 Å². The first-order chi connectivity index (χ1) is 9.61. The van der Waals surface area contributed by atoms with E-state index in [1.807, 2.05) is 6.92 Å². The molecular weight excluding hydrogens is 258 g/mol. The summed E-state index contributed by atoms with van der Waals surface area (Å²) in [4.78, 5) is 24.5. The highest BCUT2D eigenvalue weighted by Gasteiger charge is 2.28. The van der Waals surface area contributed by atoms with Gasteiger partial charge >= 0.3 is 0 Å². The number of amides is 2. The van der Waals surface area contributed by atoms with Gasteiger partial charge in [0, 0.05) is 12.8 Å². The zero-order valence-electron chi connectivity index (χ0n) is 11.5. The Morgan fingerprint density at radius 1 is 1.20 bits per heavy atom. The lowest BCUT2D eigenvalue weighted by molar-refractivity contribution is -0.149. The Hall–Kier alpha value is -1.88. The molecule has 20 heavy (non-hydrogen) atoms. The molecule has 108 valence electrons. The largest absolute Gasteiger partial charge is 0.494 e. The number of β-amino-alcohol motifs (C(OH)–C–C–N with tert-alkyl or cyclic N) is 1. The maximum Gasteiger partial charge on any atom is 0.229 e. The average Bonchev–Trinajstić information content (AvgIpc) is 2.44. The van der Waals surface area contributed by atoms with E-state index in [4.69, 9.17) is 4.74 Å². The van der Waals surface area contributed by atoms with E-state index in [0.29, 0.717) is 31.4 Å². The predicted molar refractivity (Wildman–Crippen MR) is 73.1 cm³/mol. The van der Waals surface area contributed by atoms with Gasteiger partial charge in [0.05, 0.1) is 19.3 Å². The van der Waals surface area contributed by atoms with Crippen molar-refractivity contribution in [1.82, 2.24) is 4.90 Å². The van der Waals surface area contributed by atoms with Gasteiger partial charge in [0.15, 0.2) is 0 Å². The monoisotopic (exact) mass is 277 g/mol. The highest BCUT2D eigenvalue weighted by Crippen LogP contribution is 2.21. The Bertz CT molecular complexity index is 467. The van der Waals surface area contributed by atoms with Gasteiger partial charge in [-0.25, -0.2) is 0 Å². The summed E-state index contributed by atoms with van der Waals surface area (Å²) >= 11 is 0. The first-order valence-electron chi connectivity index (χ1n) is 6.86. The van der Waals surface area contributed by atoms with Crippen LogP contribution in [-0.2, 0) is 9.59 Å². The molecule has 5 heteroatoms. The third-order valence-electron chi connectivity index (χ3n) is 3.31. The van der Waals surface area contributed by atoms with Gasteiger partial charge in [0.1, 0.15) is 5.75 Å². The first kappa shape index (κ1) is 14.5. The fourth-order valence-corrected chi connectivity index (χ4v) is 2.23. The maximum atomic E-state index is 11.7. The van der Waals surface area contributed by atoms with E-state index in [2.05, 4.69) is 0 Å². The molecule has 1 fully saturated rings. The molecule has 2 rings (SSSR count). The van der Waals surface area contributed by atoms with Crippen LogP contribution in [0.3, 0.4) is 0 Å². The molecule has 0 aliphatic carbocycles. The van der Waals surface area contributed by atoms with Crippen LogP contribution < -0.4 is 4.74 Å². The van der Waals surface area contributed by atoms with Crippen LogP contribution in [-0.4, -0.2) is 35.0 Å². The lowest BCUT2D eigenvalue weighted by atomic mass is 10.1. The van der Waals surface area contributed by atoms with Crippen LogP contribution in [0.25, 0.3) is 0 Å². The standard InChI is InChI=1S/C15H19NO4/c1-2-20-12-8-6-11(7-9-12)13(17)10-16-14(18)4-3-5-15(16)19/h6-9,13,17H,2-5,10H2,1H3. The van der Waals surface area contributed by atoms with Crippen molar-refractivity contribution in [1.29, 1.82) is 0 Å². The van der Waals surface area contributed by atoms with Gasteiger partial charge in [-0.15, -0.1) is 0 Å². The molecule has 1 saturated heterocycles. The zero-order valence-corrected chi connectivity index (χ0v) is 11.5. The van der Waals surface area contributed by atoms with Gasteiger partial charge in [-0.05, 0) is 31.0 Å². The third-order valence-corrected chi connectivity index (χ3v) is 3.31. The number of nitrogens with zero attached hydrogens (tertiary/aromatic N) is 1. The number of carbonyl (C=O) groups is 2. The summed E-state index contributed by atoms with van der Waals surface area (Å²) in [5.41, 5.74) is 0.666. The number of aliphatic hydroxyl groups is 1. The molecule has 1 heterocycles.